The summed E-state index contributed by atoms with van der Waals surface area (Å²) in [6.07, 6.45) is 6.78. The van der Waals surface area contributed by atoms with Gasteiger partial charge >= 0.3 is 0 Å². The van der Waals surface area contributed by atoms with Gasteiger partial charge in [0, 0.05) is 12.6 Å². The van der Waals surface area contributed by atoms with Crippen LogP contribution in [0.3, 0.4) is 0 Å². The van der Waals surface area contributed by atoms with Gasteiger partial charge in [-0.2, -0.15) is 0 Å². The molecule has 0 aromatic rings. The molecule has 1 saturated carbocycles. The minimum atomic E-state index is 0.302. The molecule has 2 rings (SSSR count). The van der Waals surface area contributed by atoms with Crippen molar-refractivity contribution in [2.75, 3.05) is 6.61 Å². The van der Waals surface area contributed by atoms with Crippen molar-refractivity contribution >= 4 is 0 Å². The Balaban J connectivity index is 1.85. The molecule has 2 atom stereocenters. The topological polar surface area (TPSA) is 35.2 Å². The molecule has 1 saturated heterocycles. The summed E-state index contributed by atoms with van der Waals surface area (Å²) in [4.78, 5) is 0. The predicted molar refractivity (Wildman–Crippen MR) is 67.2 cm³/mol. The van der Waals surface area contributed by atoms with Crippen LogP contribution < -0.4 is 5.73 Å². The molecule has 2 fully saturated rings. The summed E-state index contributed by atoms with van der Waals surface area (Å²) in [5, 5.41) is 0. The van der Waals surface area contributed by atoms with Crippen molar-refractivity contribution in [2.45, 2.75) is 65.0 Å². The van der Waals surface area contributed by atoms with Crippen LogP contribution in [-0.2, 0) is 4.74 Å². The molecule has 0 bridgehead atoms. The first kappa shape index (κ1) is 12.4. The van der Waals surface area contributed by atoms with Gasteiger partial charge in [0.25, 0.3) is 0 Å². The molecular weight excluding hydrogens is 198 g/mol. The second-order valence-corrected chi connectivity index (χ2v) is 6.77. The molecule has 0 aromatic carbocycles. The van der Waals surface area contributed by atoms with Crippen molar-refractivity contribution in [2.24, 2.45) is 23.0 Å². The van der Waals surface area contributed by atoms with Gasteiger partial charge in [0.05, 0.1) is 6.10 Å². The van der Waals surface area contributed by atoms with E-state index in [9.17, 15) is 0 Å². The average molecular weight is 225 g/mol. The Bertz CT molecular complexity index is 225. The quantitative estimate of drug-likeness (QED) is 0.744. The lowest BCUT2D eigenvalue weighted by Crippen LogP contribution is -2.39. The zero-order valence-corrected chi connectivity index (χ0v) is 11.0. The molecule has 1 heterocycles. The lowest BCUT2D eigenvalue weighted by Gasteiger charge is -2.39. The zero-order valence-electron chi connectivity index (χ0n) is 11.0. The van der Waals surface area contributed by atoms with E-state index in [1.165, 1.54) is 25.7 Å². The minimum Gasteiger partial charge on any atom is -0.376 e. The van der Waals surface area contributed by atoms with Crippen molar-refractivity contribution in [3.05, 3.63) is 0 Å². The molecule has 1 aliphatic carbocycles. The van der Waals surface area contributed by atoms with Crippen molar-refractivity contribution in [3.63, 3.8) is 0 Å². The Hall–Kier alpha value is -0.0800. The maximum atomic E-state index is 6.11. The standard InChI is InChI=1S/C14H27NO/c1-14(2,3)11-6-4-10(5-7-11)13-12(15)8-9-16-13/h10-13H,4-9,15H2,1-3H3. The summed E-state index contributed by atoms with van der Waals surface area (Å²) < 4.78 is 5.80. The van der Waals surface area contributed by atoms with E-state index in [2.05, 4.69) is 20.8 Å². The third-order valence-corrected chi connectivity index (χ3v) is 4.64. The molecule has 94 valence electrons. The van der Waals surface area contributed by atoms with Crippen LogP contribution in [0, 0.1) is 17.3 Å². The van der Waals surface area contributed by atoms with Gasteiger partial charge in [-0.25, -0.2) is 0 Å². The highest BCUT2D eigenvalue weighted by atomic mass is 16.5. The van der Waals surface area contributed by atoms with E-state index in [1.807, 2.05) is 0 Å². The second-order valence-electron chi connectivity index (χ2n) is 6.77. The molecular formula is C14H27NO. The summed E-state index contributed by atoms with van der Waals surface area (Å²) in [6, 6.07) is 0.302. The Labute approximate surface area is 99.9 Å². The zero-order chi connectivity index (χ0) is 11.8. The molecule has 2 N–H and O–H groups in total. The normalized spacial score (nSPS) is 41.2. The Kier molecular flexibility index (Phi) is 3.60. The van der Waals surface area contributed by atoms with Crippen LogP contribution in [0.15, 0.2) is 0 Å². The minimum absolute atomic E-state index is 0.302. The van der Waals surface area contributed by atoms with Crippen molar-refractivity contribution in [1.29, 1.82) is 0 Å². The molecule has 1 aliphatic heterocycles. The largest absolute Gasteiger partial charge is 0.376 e. The number of rotatable bonds is 1. The van der Waals surface area contributed by atoms with E-state index < -0.39 is 0 Å². The van der Waals surface area contributed by atoms with E-state index in [4.69, 9.17) is 10.5 Å². The van der Waals surface area contributed by atoms with E-state index in [0.29, 0.717) is 17.6 Å². The van der Waals surface area contributed by atoms with E-state index in [0.717, 1.165) is 24.9 Å². The summed E-state index contributed by atoms with van der Waals surface area (Å²) in [6.45, 7) is 7.99. The molecule has 0 spiro atoms. The number of hydrogen-bond acceptors (Lipinski definition) is 2. The van der Waals surface area contributed by atoms with Gasteiger partial charge in [-0.1, -0.05) is 20.8 Å². The third-order valence-electron chi connectivity index (χ3n) is 4.64. The first-order chi connectivity index (χ1) is 7.48. The fourth-order valence-corrected chi connectivity index (χ4v) is 3.43. The molecule has 16 heavy (non-hydrogen) atoms. The molecule has 2 heteroatoms. The van der Waals surface area contributed by atoms with Gasteiger partial charge in [-0.05, 0) is 49.4 Å². The Morgan fingerprint density at radius 1 is 1.00 bits per heavy atom. The fraction of sp³-hybridized carbons (Fsp3) is 1.00. The summed E-state index contributed by atoms with van der Waals surface area (Å²) in [7, 11) is 0. The molecule has 0 aromatic heterocycles. The maximum Gasteiger partial charge on any atom is 0.0754 e. The van der Waals surface area contributed by atoms with Crippen LogP contribution in [-0.4, -0.2) is 18.8 Å². The lowest BCUT2D eigenvalue weighted by atomic mass is 9.68. The lowest BCUT2D eigenvalue weighted by molar-refractivity contribution is 0.0225. The van der Waals surface area contributed by atoms with Crippen LogP contribution >= 0.6 is 0 Å². The molecule has 2 unspecified atom stereocenters. The van der Waals surface area contributed by atoms with Crippen LogP contribution in [0.4, 0.5) is 0 Å². The van der Waals surface area contributed by atoms with Gasteiger partial charge < -0.3 is 10.5 Å². The highest BCUT2D eigenvalue weighted by Gasteiger charge is 2.37. The molecule has 0 radical (unpaired) electrons. The van der Waals surface area contributed by atoms with Gasteiger partial charge in [0.15, 0.2) is 0 Å². The van der Waals surface area contributed by atoms with Crippen LogP contribution in [0.5, 0.6) is 0 Å². The highest BCUT2D eigenvalue weighted by Crippen LogP contribution is 2.42. The van der Waals surface area contributed by atoms with Gasteiger partial charge in [0.2, 0.25) is 0 Å². The first-order valence-corrected chi connectivity index (χ1v) is 6.85. The van der Waals surface area contributed by atoms with E-state index in [1.54, 1.807) is 0 Å². The number of ether oxygens (including phenoxy) is 1. The summed E-state index contributed by atoms with van der Waals surface area (Å²) in [5.74, 6) is 1.62. The van der Waals surface area contributed by atoms with Crippen LogP contribution in [0.2, 0.25) is 0 Å². The van der Waals surface area contributed by atoms with Crippen molar-refractivity contribution in [3.8, 4) is 0 Å². The Morgan fingerprint density at radius 2 is 1.62 bits per heavy atom. The summed E-state index contributed by atoms with van der Waals surface area (Å²) >= 11 is 0. The number of nitrogens with two attached hydrogens (primary N) is 1. The summed E-state index contributed by atoms with van der Waals surface area (Å²) in [5.41, 5.74) is 6.58. The van der Waals surface area contributed by atoms with E-state index in [-0.39, 0.29) is 0 Å². The fourth-order valence-electron chi connectivity index (χ4n) is 3.43. The van der Waals surface area contributed by atoms with Gasteiger partial charge in [-0.3, -0.25) is 0 Å². The average Bonchev–Trinajstić information content (AvgIpc) is 2.63. The monoisotopic (exact) mass is 225 g/mol. The van der Waals surface area contributed by atoms with Crippen LogP contribution in [0.25, 0.3) is 0 Å². The smallest absolute Gasteiger partial charge is 0.0754 e. The van der Waals surface area contributed by atoms with Gasteiger partial charge in [0.1, 0.15) is 0 Å². The maximum absolute atomic E-state index is 6.11. The second kappa shape index (κ2) is 4.66. The van der Waals surface area contributed by atoms with Crippen LogP contribution in [0.1, 0.15) is 52.9 Å². The third kappa shape index (κ3) is 2.60. The SMILES string of the molecule is CC(C)(C)C1CCC(C2OCCC2N)CC1. The van der Waals surface area contributed by atoms with Crippen molar-refractivity contribution < 1.29 is 4.74 Å². The van der Waals surface area contributed by atoms with Gasteiger partial charge in [-0.15, -0.1) is 0 Å². The predicted octanol–water partition coefficient (Wildman–Crippen LogP) is 2.96. The molecule has 0 amide bonds. The Morgan fingerprint density at radius 3 is 2.06 bits per heavy atom. The molecule has 2 nitrogen and oxygen atoms in total. The van der Waals surface area contributed by atoms with Crippen molar-refractivity contribution in [1.82, 2.24) is 0 Å². The first-order valence-electron chi connectivity index (χ1n) is 6.85. The highest BCUT2D eigenvalue weighted by molar-refractivity contribution is 4.89. The number of hydrogen-bond donors (Lipinski definition) is 1. The molecule has 2 aliphatic rings. The van der Waals surface area contributed by atoms with E-state index >= 15 is 0 Å².